The first-order valence-corrected chi connectivity index (χ1v) is 7.11. The van der Waals surface area contributed by atoms with E-state index < -0.39 is 5.60 Å². The molecule has 2 rings (SSSR count). The van der Waals surface area contributed by atoms with E-state index in [2.05, 4.69) is 26.2 Å². The molecule has 1 aliphatic carbocycles. The molecule has 4 nitrogen and oxygen atoms in total. The molecule has 0 saturated carbocycles. The van der Waals surface area contributed by atoms with Crippen molar-refractivity contribution >= 4 is 33.4 Å². The van der Waals surface area contributed by atoms with E-state index in [1.807, 2.05) is 20.8 Å². The lowest BCUT2D eigenvalue weighted by atomic mass is 10.2. The van der Waals surface area contributed by atoms with Crippen molar-refractivity contribution in [3.8, 4) is 0 Å². The standard InChI is InChI=1S/C11H15BrN2O2S/c1-11(2,3)16-10(15)14-7-5-4-6-8(7)17-9(12)13-6/h7H,4-5H2,1-3H3,(H,14,15). The number of hydrogen-bond acceptors (Lipinski definition) is 4. The summed E-state index contributed by atoms with van der Waals surface area (Å²) in [6.45, 7) is 5.57. The molecule has 94 valence electrons. The Morgan fingerprint density at radius 2 is 2.29 bits per heavy atom. The highest BCUT2D eigenvalue weighted by atomic mass is 79.9. The van der Waals surface area contributed by atoms with Crippen LogP contribution in [0.5, 0.6) is 0 Å². The minimum Gasteiger partial charge on any atom is -0.444 e. The Bertz CT molecular complexity index is 439. The van der Waals surface area contributed by atoms with Gasteiger partial charge in [0.15, 0.2) is 3.92 Å². The number of rotatable bonds is 1. The van der Waals surface area contributed by atoms with Crippen molar-refractivity contribution in [1.29, 1.82) is 0 Å². The van der Waals surface area contributed by atoms with Crippen LogP contribution in [0.2, 0.25) is 0 Å². The Balaban J connectivity index is 1.99. The third kappa shape index (κ3) is 3.19. The van der Waals surface area contributed by atoms with Crippen LogP contribution in [0.3, 0.4) is 0 Å². The summed E-state index contributed by atoms with van der Waals surface area (Å²) in [5, 5.41) is 2.89. The van der Waals surface area contributed by atoms with Crippen LogP contribution in [-0.2, 0) is 11.2 Å². The number of hydrogen-bond donors (Lipinski definition) is 1. The van der Waals surface area contributed by atoms with Gasteiger partial charge in [0, 0.05) is 0 Å². The van der Waals surface area contributed by atoms with E-state index in [0.29, 0.717) is 0 Å². The maximum absolute atomic E-state index is 11.7. The lowest BCUT2D eigenvalue weighted by molar-refractivity contribution is 0.0504. The number of aryl methyl sites for hydroxylation is 1. The fourth-order valence-corrected chi connectivity index (χ4v) is 3.44. The lowest BCUT2D eigenvalue weighted by Crippen LogP contribution is -2.34. The second-order valence-electron chi connectivity index (χ2n) is 5.02. The van der Waals surface area contributed by atoms with E-state index in [4.69, 9.17) is 4.74 Å². The van der Waals surface area contributed by atoms with Crippen molar-refractivity contribution in [2.75, 3.05) is 0 Å². The van der Waals surface area contributed by atoms with Gasteiger partial charge in [-0.15, -0.1) is 11.3 Å². The van der Waals surface area contributed by atoms with Crippen molar-refractivity contribution in [1.82, 2.24) is 10.3 Å². The maximum atomic E-state index is 11.7. The molecule has 17 heavy (non-hydrogen) atoms. The Morgan fingerprint density at radius 3 is 2.94 bits per heavy atom. The molecule has 1 atom stereocenters. The van der Waals surface area contributed by atoms with Crippen molar-refractivity contribution in [2.24, 2.45) is 0 Å². The third-order valence-electron chi connectivity index (χ3n) is 2.38. The minimum absolute atomic E-state index is 0.0450. The van der Waals surface area contributed by atoms with E-state index >= 15 is 0 Å². The summed E-state index contributed by atoms with van der Waals surface area (Å²) in [4.78, 5) is 17.2. The van der Waals surface area contributed by atoms with E-state index in [0.717, 1.165) is 27.3 Å². The van der Waals surface area contributed by atoms with Crippen LogP contribution in [0, 0.1) is 0 Å². The molecule has 0 aromatic carbocycles. The number of alkyl carbamates (subject to hydrolysis) is 1. The Hall–Kier alpha value is -0.620. The average molecular weight is 319 g/mol. The highest BCUT2D eigenvalue weighted by Gasteiger charge is 2.29. The summed E-state index contributed by atoms with van der Waals surface area (Å²) in [7, 11) is 0. The van der Waals surface area contributed by atoms with Gasteiger partial charge in [-0.1, -0.05) is 0 Å². The van der Waals surface area contributed by atoms with Gasteiger partial charge in [0.2, 0.25) is 0 Å². The lowest BCUT2D eigenvalue weighted by Gasteiger charge is -2.21. The minimum atomic E-state index is -0.459. The summed E-state index contributed by atoms with van der Waals surface area (Å²) in [6.07, 6.45) is 1.46. The summed E-state index contributed by atoms with van der Waals surface area (Å²) in [5.41, 5.74) is 0.628. The van der Waals surface area contributed by atoms with Crippen LogP contribution in [-0.4, -0.2) is 16.7 Å². The van der Waals surface area contributed by atoms with E-state index in [-0.39, 0.29) is 12.1 Å². The number of fused-ring (bicyclic) bond motifs is 1. The molecule has 0 fully saturated rings. The zero-order valence-corrected chi connectivity index (χ0v) is 12.4. The summed E-state index contributed by atoms with van der Waals surface area (Å²) < 4.78 is 6.12. The molecule has 6 heteroatoms. The molecule has 1 aliphatic rings. The number of amides is 1. The number of nitrogens with zero attached hydrogens (tertiary/aromatic N) is 1. The third-order valence-corrected chi connectivity index (χ3v) is 4.04. The van der Waals surface area contributed by atoms with Gasteiger partial charge >= 0.3 is 6.09 Å². The first-order chi connectivity index (χ1) is 7.85. The zero-order chi connectivity index (χ0) is 12.6. The second kappa shape index (κ2) is 4.57. The van der Waals surface area contributed by atoms with Crippen molar-refractivity contribution in [3.05, 3.63) is 14.5 Å². The van der Waals surface area contributed by atoms with Gasteiger partial charge in [0.1, 0.15) is 5.60 Å². The first kappa shape index (κ1) is 12.8. The van der Waals surface area contributed by atoms with Gasteiger partial charge in [-0.05, 0) is 49.5 Å². The predicted octanol–water partition coefficient (Wildman–Crippen LogP) is 3.42. The van der Waals surface area contributed by atoms with Crippen molar-refractivity contribution in [2.45, 2.75) is 45.3 Å². The van der Waals surface area contributed by atoms with Gasteiger partial charge < -0.3 is 10.1 Å². The van der Waals surface area contributed by atoms with E-state index in [1.54, 1.807) is 11.3 Å². The molecule has 0 spiro atoms. The fraction of sp³-hybridized carbons (Fsp3) is 0.636. The zero-order valence-electron chi connectivity index (χ0n) is 10.0. The summed E-state index contributed by atoms with van der Waals surface area (Å²) in [5.74, 6) is 0. The largest absolute Gasteiger partial charge is 0.444 e. The van der Waals surface area contributed by atoms with Crippen molar-refractivity contribution < 1.29 is 9.53 Å². The van der Waals surface area contributed by atoms with Crippen LogP contribution in [0.25, 0.3) is 0 Å². The average Bonchev–Trinajstić information content (AvgIpc) is 2.63. The van der Waals surface area contributed by atoms with Crippen LogP contribution >= 0.6 is 27.3 Å². The first-order valence-electron chi connectivity index (χ1n) is 5.50. The van der Waals surface area contributed by atoms with Crippen LogP contribution in [0.4, 0.5) is 4.79 Å². The van der Waals surface area contributed by atoms with Gasteiger partial charge in [-0.3, -0.25) is 0 Å². The Labute approximate surface area is 113 Å². The molecule has 1 N–H and O–H groups in total. The highest BCUT2D eigenvalue weighted by Crippen LogP contribution is 2.37. The van der Waals surface area contributed by atoms with Gasteiger partial charge in [-0.2, -0.15) is 0 Å². The fourth-order valence-electron chi connectivity index (χ4n) is 1.78. The SMILES string of the molecule is CC(C)(C)OC(=O)NC1CCc2nc(Br)sc21. The molecule has 1 unspecified atom stereocenters. The highest BCUT2D eigenvalue weighted by molar-refractivity contribution is 9.11. The quantitative estimate of drug-likeness (QED) is 0.863. The second-order valence-corrected chi connectivity index (χ2v) is 7.32. The maximum Gasteiger partial charge on any atom is 0.408 e. The molecular formula is C11H15BrN2O2S. The van der Waals surface area contributed by atoms with Crippen LogP contribution in [0.15, 0.2) is 3.92 Å². The number of carbonyl (C=O) groups is 1. The molecule has 0 radical (unpaired) electrons. The normalized spacial score (nSPS) is 18.9. The number of nitrogens with one attached hydrogen (secondary N) is 1. The summed E-state index contributed by atoms with van der Waals surface area (Å²) in [6, 6.07) is 0.0450. The molecule has 1 aromatic heterocycles. The number of carbonyl (C=O) groups excluding carboxylic acids is 1. The number of aromatic nitrogens is 1. The van der Waals surface area contributed by atoms with Gasteiger partial charge in [0.25, 0.3) is 0 Å². The molecule has 0 saturated heterocycles. The number of thiazole rings is 1. The molecule has 1 aromatic rings. The Kier molecular flexibility index (Phi) is 3.45. The molecule has 0 bridgehead atoms. The monoisotopic (exact) mass is 318 g/mol. The van der Waals surface area contributed by atoms with Gasteiger partial charge in [0.05, 0.1) is 16.6 Å². The molecule has 1 amide bonds. The van der Waals surface area contributed by atoms with Crippen LogP contribution in [0.1, 0.15) is 43.8 Å². The molecule has 1 heterocycles. The topological polar surface area (TPSA) is 51.2 Å². The Morgan fingerprint density at radius 1 is 1.59 bits per heavy atom. The molecular weight excluding hydrogens is 304 g/mol. The number of halogens is 1. The summed E-state index contributed by atoms with van der Waals surface area (Å²) >= 11 is 4.94. The smallest absolute Gasteiger partial charge is 0.408 e. The molecule has 0 aliphatic heterocycles. The van der Waals surface area contributed by atoms with Gasteiger partial charge in [-0.25, -0.2) is 9.78 Å². The predicted molar refractivity (Wildman–Crippen MR) is 70.2 cm³/mol. The van der Waals surface area contributed by atoms with E-state index in [9.17, 15) is 4.79 Å². The number of ether oxygens (including phenoxy) is 1. The van der Waals surface area contributed by atoms with Crippen molar-refractivity contribution in [3.63, 3.8) is 0 Å². The van der Waals surface area contributed by atoms with E-state index in [1.165, 1.54) is 0 Å². The van der Waals surface area contributed by atoms with Crippen LogP contribution < -0.4 is 5.32 Å².